The van der Waals surface area contributed by atoms with Crippen molar-refractivity contribution in [3.05, 3.63) is 28.8 Å². The normalized spacial score (nSPS) is 19.5. The van der Waals surface area contributed by atoms with Crippen molar-refractivity contribution in [3.63, 3.8) is 0 Å². The molecule has 0 fully saturated rings. The van der Waals surface area contributed by atoms with E-state index in [9.17, 15) is 9.59 Å². The fraction of sp³-hybridized carbons (Fsp3) is 0.111. The SMILES string of the molecule is O=C(O)C1Sc2cc(Cl)ccc2C1=O. The molecule has 0 aliphatic carbocycles. The van der Waals surface area contributed by atoms with Crippen molar-refractivity contribution in [2.75, 3.05) is 0 Å². The molecule has 1 unspecified atom stereocenters. The van der Waals surface area contributed by atoms with Crippen LogP contribution in [0.5, 0.6) is 0 Å². The maximum atomic E-state index is 11.5. The van der Waals surface area contributed by atoms with Gasteiger partial charge in [-0.05, 0) is 18.2 Å². The summed E-state index contributed by atoms with van der Waals surface area (Å²) in [6.07, 6.45) is 0. The van der Waals surface area contributed by atoms with E-state index in [0.29, 0.717) is 15.5 Å². The van der Waals surface area contributed by atoms with Crippen molar-refractivity contribution < 1.29 is 14.7 Å². The predicted octanol–water partition coefficient (Wildman–Crippen LogP) is 2.08. The highest BCUT2D eigenvalue weighted by atomic mass is 35.5. The summed E-state index contributed by atoms with van der Waals surface area (Å²) in [5.41, 5.74) is 0.451. The van der Waals surface area contributed by atoms with Crippen LogP contribution >= 0.6 is 23.4 Å². The number of benzene rings is 1. The number of thioether (sulfide) groups is 1. The van der Waals surface area contributed by atoms with Gasteiger partial charge in [0.2, 0.25) is 0 Å². The van der Waals surface area contributed by atoms with E-state index in [1.54, 1.807) is 18.2 Å². The summed E-state index contributed by atoms with van der Waals surface area (Å²) in [6, 6.07) is 4.77. The zero-order chi connectivity index (χ0) is 10.3. The molecule has 1 atom stereocenters. The lowest BCUT2D eigenvalue weighted by Gasteiger charge is -1.97. The van der Waals surface area contributed by atoms with Crippen LogP contribution in [-0.4, -0.2) is 22.1 Å². The van der Waals surface area contributed by atoms with Gasteiger partial charge < -0.3 is 5.11 Å². The molecule has 14 heavy (non-hydrogen) atoms. The van der Waals surface area contributed by atoms with Gasteiger partial charge in [0.15, 0.2) is 11.0 Å². The summed E-state index contributed by atoms with van der Waals surface area (Å²) in [5, 5.41) is 8.25. The van der Waals surface area contributed by atoms with E-state index in [1.807, 2.05) is 0 Å². The Labute approximate surface area is 89.1 Å². The highest BCUT2D eigenvalue weighted by Gasteiger charge is 2.36. The van der Waals surface area contributed by atoms with Crippen molar-refractivity contribution in [3.8, 4) is 0 Å². The molecule has 1 heterocycles. The fourth-order valence-electron chi connectivity index (χ4n) is 1.28. The zero-order valence-electron chi connectivity index (χ0n) is 6.86. The molecule has 0 saturated heterocycles. The van der Waals surface area contributed by atoms with Crippen LogP contribution in [0.25, 0.3) is 0 Å². The second-order valence-electron chi connectivity index (χ2n) is 2.84. The molecule has 1 aromatic carbocycles. The number of rotatable bonds is 1. The van der Waals surface area contributed by atoms with Gasteiger partial charge in [-0.15, -0.1) is 11.8 Å². The van der Waals surface area contributed by atoms with Crippen molar-refractivity contribution in [1.82, 2.24) is 0 Å². The highest BCUT2D eigenvalue weighted by molar-refractivity contribution is 8.02. The molecule has 5 heteroatoms. The van der Waals surface area contributed by atoms with Gasteiger partial charge in [0.25, 0.3) is 0 Å². The molecule has 0 radical (unpaired) electrons. The monoisotopic (exact) mass is 228 g/mol. The van der Waals surface area contributed by atoms with E-state index < -0.39 is 11.2 Å². The Hall–Kier alpha value is -1.00. The van der Waals surface area contributed by atoms with Crippen molar-refractivity contribution >= 4 is 35.1 Å². The molecule has 0 spiro atoms. The quantitative estimate of drug-likeness (QED) is 0.748. The first kappa shape index (κ1) is 9.55. The minimum absolute atomic E-state index is 0.353. The van der Waals surface area contributed by atoms with E-state index >= 15 is 0 Å². The number of halogens is 1. The Morgan fingerprint density at radius 3 is 2.86 bits per heavy atom. The highest BCUT2D eigenvalue weighted by Crippen LogP contribution is 2.38. The number of carbonyl (C=O) groups is 2. The molecule has 0 aromatic heterocycles. The van der Waals surface area contributed by atoms with Gasteiger partial charge in [0.1, 0.15) is 0 Å². The second kappa shape index (κ2) is 3.29. The summed E-state index contributed by atoms with van der Waals surface area (Å²) < 4.78 is 0. The first-order valence-corrected chi connectivity index (χ1v) is 5.08. The summed E-state index contributed by atoms with van der Waals surface area (Å²) in [4.78, 5) is 22.8. The smallest absolute Gasteiger partial charge is 0.325 e. The summed E-state index contributed by atoms with van der Waals surface area (Å²) in [7, 11) is 0. The van der Waals surface area contributed by atoms with E-state index in [2.05, 4.69) is 0 Å². The van der Waals surface area contributed by atoms with Crippen LogP contribution < -0.4 is 0 Å². The Morgan fingerprint density at radius 2 is 2.21 bits per heavy atom. The predicted molar refractivity (Wildman–Crippen MR) is 53.1 cm³/mol. The molecule has 2 rings (SSSR count). The Bertz CT molecular complexity index is 430. The van der Waals surface area contributed by atoms with E-state index in [4.69, 9.17) is 16.7 Å². The molecule has 0 bridgehead atoms. The number of carboxylic acid groups (broad SMARTS) is 1. The van der Waals surface area contributed by atoms with Gasteiger partial charge in [-0.3, -0.25) is 9.59 Å². The number of hydrogen-bond donors (Lipinski definition) is 1. The summed E-state index contributed by atoms with van der Waals surface area (Å²) >= 11 is 6.76. The Balaban J connectivity index is 2.45. The second-order valence-corrected chi connectivity index (χ2v) is 4.42. The minimum atomic E-state index is -1.10. The molecular formula is C9H5ClO3S. The maximum Gasteiger partial charge on any atom is 0.325 e. The van der Waals surface area contributed by atoms with Crippen LogP contribution in [0, 0.1) is 0 Å². The largest absolute Gasteiger partial charge is 0.480 e. The lowest BCUT2D eigenvalue weighted by atomic mass is 10.1. The van der Waals surface area contributed by atoms with Gasteiger partial charge in [-0.25, -0.2) is 0 Å². The molecule has 3 nitrogen and oxygen atoms in total. The van der Waals surface area contributed by atoms with Crippen molar-refractivity contribution in [2.45, 2.75) is 10.1 Å². The topological polar surface area (TPSA) is 54.4 Å². The average Bonchev–Trinajstić information content (AvgIpc) is 2.43. The third kappa shape index (κ3) is 1.40. The van der Waals surface area contributed by atoms with Gasteiger partial charge >= 0.3 is 5.97 Å². The van der Waals surface area contributed by atoms with Crippen LogP contribution in [0.15, 0.2) is 23.1 Å². The molecule has 72 valence electrons. The lowest BCUT2D eigenvalue weighted by molar-refractivity contribution is -0.135. The molecular weight excluding hydrogens is 224 g/mol. The van der Waals surface area contributed by atoms with Gasteiger partial charge in [0.05, 0.1) is 0 Å². The molecule has 1 aliphatic rings. The maximum absolute atomic E-state index is 11.5. The Kier molecular flexibility index (Phi) is 2.25. The van der Waals surface area contributed by atoms with E-state index in [0.717, 1.165) is 11.8 Å². The molecule has 1 aromatic rings. The van der Waals surface area contributed by atoms with Crippen molar-refractivity contribution in [1.29, 1.82) is 0 Å². The molecule has 1 N–H and O–H groups in total. The third-order valence-corrected chi connectivity index (χ3v) is 3.39. The Morgan fingerprint density at radius 1 is 1.50 bits per heavy atom. The standard InChI is InChI=1S/C9H5ClO3S/c10-4-1-2-5-6(3-4)14-8(7(5)11)9(12)13/h1-3,8H,(H,12,13). The molecule has 1 aliphatic heterocycles. The third-order valence-electron chi connectivity index (χ3n) is 1.92. The zero-order valence-corrected chi connectivity index (χ0v) is 8.43. The van der Waals surface area contributed by atoms with Gasteiger partial charge in [-0.2, -0.15) is 0 Å². The van der Waals surface area contributed by atoms with Crippen LogP contribution in [0.4, 0.5) is 0 Å². The minimum Gasteiger partial charge on any atom is -0.480 e. The number of carbonyl (C=O) groups excluding carboxylic acids is 1. The van der Waals surface area contributed by atoms with Crippen LogP contribution in [0.1, 0.15) is 10.4 Å². The molecule has 0 saturated carbocycles. The average molecular weight is 229 g/mol. The van der Waals surface area contributed by atoms with Crippen molar-refractivity contribution in [2.24, 2.45) is 0 Å². The number of aliphatic carboxylic acids is 1. The van der Waals surface area contributed by atoms with Crippen LogP contribution in [0.2, 0.25) is 5.02 Å². The van der Waals surface area contributed by atoms with E-state index in [-0.39, 0.29) is 5.78 Å². The molecule has 0 amide bonds. The number of carboxylic acids is 1. The number of hydrogen-bond acceptors (Lipinski definition) is 3. The summed E-state index contributed by atoms with van der Waals surface area (Å²) in [5.74, 6) is -1.46. The van der Waals surface area contributed by atoms with Crippen LogP contribution in [-0.2, 0) is 4.79 Å². The first-order chi connectivity index (χ1) is 6.59. The summed E-state index contributed by atoms with van der Waals surface area (Å²) in [6.45, 7) is 0. The van der Waals surface area contributed by atoms with E-state index in [1.165, 1.54) is 0 Å². The number of ketones is 1. The first-order valence-electron chi connectivity index (χ1n) is 3.83. The lowest BCUT2D eigenvalue weighted by Crippen LogP contribution is -2.22. The van der Waals surface area contributed by atoms with Gasteiger partial charge in [-0.1, -0.05) is 11.6 Å². The van der Waals surface area contributed by atoms with Crippen LogP contribution in [0.3, 0.4) is 0 Å². The van der Waals surface area contributed by atoms with Gasteiger partial charge in [0, 0.05) is 15.5 Å². The fourth-order valence-corrected chi connectivity index (χ4v) is 2.60. The number of fused-ring (bicyclic) bond motifs is 1. The number of Topliss-reactive ketones (excluding diaryl/α,β-unsaturated/α-hetero) is 1.